The van der Waals surface area contributed by atoms with Crippen molar-refractivity contribution < 1.29 is 19.1 Å². The summed E-state index contributed by atoms with van der Waals surface area (Å²) in [5, 5.41) is 6.43. The Morgan fingerprint density at radius 1 is 1.13 bits per heavy atom. The number of anilines is 1. The summed E-state index contributed by atoms with van der Waals surface area (Å²) in [5.74, 6) is -0.581. The summed E-state index contributed by atoms with van der Waals surface area (Å²) >= 11 is 7.55. The Bertz CT molecular complexity index is 1100. The van der Waals surface area contributed by atoms with Crippen molar-refractivity contribution in [2.75, 3.05) is 32.6 Å². The molecule has 0 saturated heterocycles. The minimum absolute atomic E-state index is 0.157. The fraction of sp³-hybridized carbons (Fsp3) is 0.190. The lowest BCUT2D eigenvalue weighted by Crippen LogP contribution is -2.41. The molecule has 0 aliphatic rings. The molecule has 0 radical (unpaired) electrons. The van der Waals surface area contributed by atoms with Crippen molar-refractivity contribution in [1.29, 1.82) is 0 Å². The fourth-order valence-corrected chi connectivity index (χ4v) is 4.17. The fourth-order valence-electron chi connectivity index (χ4n) is 2.74. The third-order valence-electron chi connectivity index (χ3n) is 4.30. The number of hydrogen-bond acceptors (Lipinski definition) is 5. The van der Waals surface area contributed by atoms with E-state index in [1.807, 2.05) is 24.3 Å². The zero-order chi connectivity index (χ0) is 21.7. The molecule has 7 nitrogen and oxygen atoms in total. The Kier molecular flexibility index (Phi) is 6.91. The molecule has 0 fully saturated rings. The topological polar surface area (TPSA) is 87.7 Å². The maximum absolute atomic E-state index is 12.4. The average molecular weight is 446 g/mol. The minimum atomic E-state index is -0.427. The van der Waals surface area contributed by atoms with Crippen LogP contribution in [0.25, 0.3) is 10.1 Å². The third-order valence-corrected chi connectivity index (χ3v) is 5.98. The van der Waals surface area contributed by atoms with Gasteiger partial charge in [-0.05, 0) is 18.2 Å². The maximum atomic E-state index is 12.4. The van der Waals surface area contributed by atoms with Gasteiger partial charge in [-0.15, -0.1) is 11.3 Å². The Morgan fingerprint density at radius 3 is 2.63 bits per heavy atom. The van der Waals surface area contributed by atoms with Gasteiger partial charge in [-0.2, -0.15) is 0 Å². The number of methoxy groups -OCH3 is 1. The molecule has 0 spiro atoms. The molecule has 0 aliphatic carbocycles. The molecule has 9 heteroatoms. The summed E-state index contributed by atoms with van der Waals surface area (Å²) in [6, 6.07) is 14.3. The highest BCUT2D eigenvalue weighted by atomic mass is 35.5. The molecule has 3 amide bonds. The van der Waals surface area contributed by atoms with Crippen molar-refractivity contribution in [2.24, 2.45) is 0 Å². The number of thiophene rings is 1. The molecule has 30 heavy (non-hydrogen) atoms. The highest BCUT2D eigenvalue weighted by Crippen LogP contribution is 2.34. The molecule has 1 aromatic heterocycles. The van der Waals surface area contributed by atoms with Gasteiger partial charge in [0.25, 0.3) is 5.91 Å². The van der Waals surface area contributed by atoms with Crippen LogP contribution in [0.1, 0.15) is 9.67 Å². The van der Waals surface area contributed by atoms with E-state index in [9.17, 15) is 14.4 Å². The Hall–Kier alpha value is -3.10. The number of benzene rings is 2. The Labute approximate surface area is 182 Å². The lowest BCUT2D eigenvalue weighted by molar-refractivity contribution is -0.132. The number of nitrogens with zero attached hydrogens (tertiary/aromatic N) is 1. The first-order valence-electron chi connectivity index (χ1n) is 9.02. The number of fused-ring (bicyclic) bond motifs is 1. The molecule has 1 heterocycles. The first-order chi connectivity index (χ1) is 14.4. The molecule has 2 N–H and O–H groups in total. The third kappa shape index (κ3) is 5.08. The summed E-state index contributed by atoms with van der Waals surface area (Å²) in [5.41, 5.74) is 0.563. The molecule has 2 aromatic carbocycles. The maximum Gasteiger partial charge on any atom is 0.263 e. The van der Waals surface area contributed by atoms with Crippen LogP contribution in [-0.2, 0) is 9.59 Å². The van der Waals surface area contributed by atoms with Crippen LogP contribution in [0, 0.1) is 0 Å². The van der Waals surface area contributed by atoms with Crippen molar-refractivity contribution in [3.63, 3.8) is 0 Å². The van der Waals surface area contributed by atoms with E-state index in [4.69, 9.17) is 16.3 Å². The van der Waals surface area contributed by atoms with Crippen molar-refractivity contribution in [1.82, 2.24) is 10.2 Å². The summed E-state index contributed by atoms with van der Waals surface area (Å²) in [6.45, 7) is -0.401. The second-order valence-corrected chi connectivity index (χ2v) is 7.88. The second kappa shape index (κ2) is 9.60. The zero-order valence-corrected chi connectivity index (χ0v) is 18.0. The Balaban J connectivity index is 1.52. The zero-order valence-electron chi connectivity index (χ0n) is 16.4. The number of carbonyl (C=O) groups excluding carboxylic acids is 3. The summed E-state index contributed by atoms with van der Waals surface area (Å²) in [7, 11) is 3.03. The molecule has 156 valence electrons. The summed E-state index contributed by atoms with van der Waals surface area (Å²) in [4.78, 5) is 38.5. The standard InChI is InChI=1S/C21H20ClN3O4S/c1-25(12-17(26)24-13-6-5-7-14(10-13)29-2)18(27)11-23-21(28)20-19(22)15-8-3-4-9-16(15)30-20/h3-10H,11-12H2,1-2H3,(H,23,28)(H,24,26). The van der Waals surface area contributed by atoms with Gasteiger partial charge in [0, 0.05) is 28.9 Å². The van der Waals surface area contributed by atoms with Gasteiger partial charge >= 0.3 is 0 Å². The van der Waals surface area contributed by atoms with E-state index in [1.165, 1.54) is 30.4 Å². The minimum Gasteiger partial charge on any atom is -0.497 e. The molecule has 0 saturated carbocycles. The van der Waals surface area contributed by atoms with Gasteiger partial charge in [-0.1, -0.05) is 35.9 Å². The van der Waals surface area contributed by atoms with Gasteiger partial charge in [0.2, 0.25) is 11.8 Å². The van der Waals surface area contributed by atoms with E-state index in [2.05, 4.69) is 10.6 Å². The molecule has 0 bridgehead atoms. The van der Waals surface area contributed by atoms with Crippen LogP contribution in [-0.4, -0.2) is 49.9 Å². The van der Waals surface area contributed by atoms with Crippen molar-refractivity contribution in [2.45, 2.75) is 0 Å². The predicted octanol–water partition coefficient (Wildman–Crippen LogP) is 3.39. The molecular formula is C21H20ClN3O4S. The van der Waals surface area contributed by atoms with Crippen LogP contribution in [0.15, 0.2) is 48.5 Å². The first kappa shape index (κ1) is 21.6. The molecule has 3 rings (SSSR count). The number of nitrogens with one attached hydrogen (secondary N) is 2. The van der Waals surface area contributed by atoms with Crippen molar-refractivity contribution in [3.05, 3.63) is 58.4 Å². The van der Waals surface area contributed by atoms with Gasteiger partial charge in [0.1, 0.15) is 10.6 Å². The predicted molar refractivity (Wildman–Crippen MR) is 118 cm³/mol. The van der Waals surface area contributed by atoms with E-state index in [1.54, 1.807) is 24.3 Å². The molecule has 0 atom stereocenters. The molecule has 0 unspecified atom stereocenters. The average Bonchev–Trinajstić information content (AvgIpc) is 3.08. The summed E-state index contributed by atoms with van der Waals surface area (Å²) < 4.78 is 6.00. The van der Waals surface area contributed by atoms with E-state index in [-0.39, 0.29) is 19.0 Å². The van der Waals surface area contributed by atoms with E-state index < -0.39 is 11.8 Å². The van der Waals surface area contributed by atoms with Crippen molar-refractivity contribution >= 4 is 56.4 Å². The number of halogens is 1. The van der Waals surface area contributed by atoms with Gasteiger partial charge in [0.05, 0.1) is 25.2 Å². The van der Waals surface area contributed by atoms with Crippen LogP contribution < -0.4 is 15.4 Å². The lowest BCUT2D eigenvalue weighted by atomic mass is 10.2. The monoisotopic (exact) mass is 445 g/mol. The summed E-state index contributed by atoms with van der Waals surface area (Å²) in [6.07, 6.45) is 0. The van der Waals surface area contributed by atoms with Gasteiger partial charge in [-0.3, -0.25) is 14.4 Å². The smallest absolute Gasteiger partial charge is 0.263 e. The number of carbonyl (C=O) groups is 3. The SMILES string of the molecule is COc1cccc(NC(=O)CN(C)C(=O)CNC(=O)c2sc3ccccc3c2Cl)c1. The quantitative estimate of drug-likeness (QED) is 0.583. The van der Waals surface area contributed by atoms with Gasteiger partial charge in [-0.25, -0.2) is 0 Å². The van der Waals surface area contributed by atoms with Gasteiger partial charge in [0.15, 0.2) is 0 Å². The van der Waals surface area contributed by atoms with Crippen LogP contribution in [0.4, 0.5) is 5.69 Å². The highest BCUT2D eigenvalue weighted by molar-refractivity contribution is 7.21. The number of amides is 3. The number of rotatable bonds is 7. The second-order valence-electron chi connectivity index (χ2n) is 6.45. The van der Waals surface area contributed by atoms with Crippen LogP contribution in [0.2, 0.25) is 5.02 Å². The highest BCUT2D eigenvalue weighted by Gasteiger charge is 2.19. The van der Waals surface area contributed by atoms with Crippen LogP contribution in [0.5, 0.6) is 5.75 Å². The lowest BCUT2D eigenvalue weighted by Gasteiger charge is -2.17. The molecular weight excluding hydrogens is 426 g/mol. The van der Waals surface area contributed by atoms with Gasteiger partial charge < -0.3 is 20.3 Å². The number of ether oxygens (including phenoxy) is 1. The van der Waals surface area contributed by atoms with E-state index in [0.717, 1.165) is 10.1 Å². The molecule has 0 aliphatic heterocycles. The first-order valence-corrected chi connectivity index (χ1v) is 10.2. The largest absolute Gasteiger partial charge is 0.497 e. The van der Waals surface area contributed by atoms with Crippen molar-refractivity contribution in [3.8, 4) is 5.75 Å². The Morgan fingerprint density at radius 2 is 1.90 bits per heavy atom. The normalized spacial score (nSPS) is 10.5. The van der Waals surface area contributed by atoms with Crippen LogP contribution in [0.3, 0.4) is 0 Å². The number of hydrogen-bond donors (Lipinski definition) is 2. The van der Waals surface area contributed by atoms with E-state index >= 15 is 0 Å². The number of likely N-dealkylation sites (N-methyl/N-ethyl adjacent to an activating group) is 1. The van der Waals surface area contributed by atoms with E-state index in [0.29, 0.717) is 21.3 Å². The molecule has 3 aromatic rings. The van der Waals surface area contributed by atoms with Crippen LogP contribution >= 0.6 is 22.9 Å².